The Morgan fingerprint density at radius 1 is 1.00 bits per heavy atom. The first-order valence-electron chi connectivity index (χ1n) is 11.5. The van der Waals surface area contributed by atoms with Crippen molar-refractivity contribution in [3.63, 3.8) is 0 Å². The Balaban J connectivity index is 1.78. The van der Waals surface area contributed by atoms with Crippen molar-refractivity contribution in [1.82, 2.24) is 9.62 Å². The molecule has 2 aromatic rings. The molecule has 35 heavy (non-hydrogen) atoms. The fourth-order valence-electron chi connectivity index (χ4n) is 3.93. The summed E-state index contributed by atoms with van der Waals surface area (Å²) in [6.07, 6.45) is 1.71. The lowest BCUT2D eigenvalue weighted by Gasteiger charge is -2.27. The lowest BCUT2D eigenvalue weighted by Crippen LogP contribution is -2.42. The molecule has 0 saturated carbocycles. The second-order valence-electron chi connectivity index (χ2n) is 8.94. The third kappa shape index (κ3) is 7.26. The third-order valence-corrected chi connectivity index (χ3v) is 8.72. The SMILES string of the molecule is CC(C)CC(NC(=O)CN(c1ccc(S(=O)(=O)N2CCOCC2)cc1)S(C)(=O)=O)c1ccccc1. The van der Waals surface area contributed by atoms with E-state index in [-0.39, 0.29) is 29.7 Å². The van der Waals surface area contributed by atoms with Gasteiger partial charge in [0, 0.05) is 13.1 Å². The van der Waals surface area contributed by atoms with Crippen LogP contribution in [-0.2, 0) is 29.6 Å². The van der Waals surface area contributed by atoms with E-state index in [1.54, 1.807) is 0 Å². The Morgan fingerprint density at radius 2 is 1.60 bits per heavy atom. The van der Waals surface area contributed by atoms with Crippen LogP contribution in [-0.4, -0.2) is 66.2 Å². The van der Waals surface area contributed by atoms with Crippen LogP contribution in [0.5, 0.6) is 0 Å². The zero-order valence-corrected chi connectivity index (χ0v) is 21.9. The number of sulfonamides is 2. The summed E-state index contributed by atoms with van der Waals surface area (Å²) in [6, 6.07) is 14.8. The molecule has 1 aliphatic heterocycles. The van der Waals surface area contributed by atoms with Crippen molar-refractivity contribution in [2.45, 2.75) is 31.2 Å². The fraction of sp³-hybridized carbons (Fsp3) is 0.458. The predicted molar refractivity (Wildman–Crippen MR) is 135 cm³/mol. The van der Waals surface area contributed by atoms with E-state index in [1.807, 2.05) is 30.3 Å². The molecule has 0 bridgehead atoms. The Kier molecular flexibility index (Phi) is 8.92. The van der Waals surface area contributed by atoms with E-state index in [2.05, 4.69) is 19.2 Å². The molecule has 1 saturated heterocycles. The molecular weight excluding hydrogens is 490 g/mol. The number of morpholine rings is 1. The molecule has 1 aliphatic rings. The minimum atomic E-state index is -3.81. The van der Waals surface area contributed by atoms with E-state index in [4.69, 9.17) is 4.74 Å². The number of rotatable bonds is 10. The summed E-state index contributed by atoms with van der Waals surface area (Å²) < 4.78 is 58.3. The van der Waals surface area contributed by atoms with Gasteiger partial charge in [-0.25, -0.2) is 16.8 Å². The summed E-state index contributed by atoms with van der Waals surface area (Å²) in [6.45, 7) is 4.87. The lowest BCUT2D eigenvalue weighted by molar-refractivity contribution is -0.120. The van der Waals surface area contributed by atoms with E-state index in [9.17, 15) is 21.6 Å². The predicted octanol–water partition coefficient (Wildman–Crippen LogP) is 2.38. The molecule has 9 nitrogen and oxygen atoms in total. The molecule has 0 radical (unpaired) electrons. The summed E-state index contributed by atoms with van der Waals surface area (Å²) in [5, 5.41) is 2.96. The van der Waals surface area contributed by atoms with Gasteiger partial charge in [-0.15, -0.1) is 0 Å². The van der Waals surface area contributed by atoms with E-state index in [0.717, 1.165) is 16.1 Å². The van der Waals surface area contributed by atoms with Gasteiger partial charge in [-0.1, -0.05) is 44.2 Å². The summed E-state index contributed by atoms with van der Waals surface area (Å²) in [4.78, 5) is 13.0. The quantitative estimate of drug-likeness (QED) is 0.512. The van der Waals surface area contributed by atoms with Gasteiger partial charge in [-0.3, -0.25) is 9.10 Å². The smallest absolute Gasteiger partial charge is 0.243 e. The molecule has 0 aliphatic carbocycles. The van der Waals surface area contributed by atoms with E-state index in [1.165, 1.54) is 28.6 Å². The summed E-state index contributed by atoms with van der Waals surface area (Å²) in [5.74, 6) is -0.137. The second kappa shape index (κ2) is 11.5. The number of anilines is 1. The maximum Gasteiger partial charge on any atom is 0.243 e. The highest BCUT2D eigenvalue weighted by molar-refractivity contribution is 7.92. The van der Waals surface area contributed by atoms with Gasteiger partial charge >= 0.3 is 0 Å². The number of hydrogen-bond acceptors (Lipinski definition) is 6. The maximum absolute atomic E-state index is 12.9. The first kappa shape index (κ1) is 27.1. The van der Waals surface area contributed by atoms with Crippen molar-refractivity contribution in [2.24, 2.45) is 5.92 Å². The van der Waals surface area contributed by atoms with Crippen LogP contribution in [0.4, 0.5) is 5.69 Å². The Bertz CT molecular complexity index is 1190. The van der Waals surface area contributed by atoms with Crippen LogP contribution in [0.2, 0.25) is 0 Å². The van der Waals surface area contributed by atoms with Gasteiger partial charge in [0.25, 0.3) is 0 Å². The Morgan fingerprint density at radius 3 is 2.14 bits per heavy atom. The summed E-state index contributed by atoms with van der Waals surface area (Å²) in [5.41, 5.74) is 1.15. The number of amides is 1. The van der Waals surface area contributed by atoms with Crippen LogP contribution in [0.3, 0.4) is 0 Å². The van der Waals surface area contributed by atoms with Crippen molar-refractivity contribution in [3.05, 3.63) is 60.2 Å². The minimum Gasteiger partial charge on any atom is -0.379 e. The van der Waals surface area contributed by atoms with Crippen molar-refractivity contribution >= 4 is 31.6 Å². The maximum atomic E-state index is 12.9. The first-order chi connectivity index (χ1) is 16.5. The lowest BCUT2D eigenvalue weighted by atomic mass is 9.97. The zero-order chi connectivity index (χ0) is 25.6. The molecule has 1 unspecified atom stereocenters. The van der Waals surface area contributed by atoms with Gasteiger partial charge < -0.3 is 10.1 Å². The van der Waals surface area contributed by atoms with Crippen LogP contribution in [0.25, 0.3) is 0 Å². The van der Waals surface area contributed by atoms with Gasteiger partial charge in [0.2, 0.25) is 26.0 Å². The fourth-order valence-corrected chi connectivity index (χ4v) is 6.19. The summed E-state index contributed by atoms with van der Waals surface area (Å²) >= 11 is 0. The van der Waals surface area contributed by atoms with E-state index < -0.39 is 32.5 Å². The number of ether oxygens (including phenoxy) is 1. The average molecular weight is 524 g/mol. The number of carbonyl (C=O) groups excluding carboxylic acids is 1. The Hall–Kier alpha value is -2.47. The van der Waals surface area contributed by atoms with Gasteiger partial charge in [0.1, 0.15) is 6.54 Å². The number of carbonyl (C=O) groups is 1. The third-order valence-electron chi connectivity index (χ3n) is 5.66. The number of nitrogens with one attached hydrogen (secondary N) is 1. The average Bonchev–Trinajstić information content (AvgIpc) is 2.82. The molecule has 1 heterocycles. The normalized spacial score (nSPS) is 16.1. The monoisotopic (exact) mass is 523 g/mol. The molecule has 0 spiro atoms. The molecule has 192 valence electrons. The highest BCUT2D eigenvalue weighted by atomic mass is 32.2. The molecule has 1 N–H and O–H groups in total. The molecule has 1 atom stereocenters. The van der Waals surface area contributed by atoms with Gasteiger partial charge in [0.05, 0.1) is 36.1 Å². The summed E-state index contributed by atoms with van der Waals surface area (Å²) in [7, 11) is -7.52. The second-order valence-corrected chi connectivity index (χ2v) is 12.8. The van der Waals surface area contributed by atoms with Gasteiger partial charge in [-0.05, 0) is 42.2 Å². The van der Waals surface area contributed by atoms with Crippen LogP contribution in [0.1, 0.15) is 31.9 Å². The Labute approximate surface area is 208 Å². The topological polar surface area (TPSA) is 113 Å². The number of nitrogens with zero attached hydrogens (tertiary/aromatic N) is 2. The molecule has 2 aromatic carbocycles. The van der Waals surface area contributed by atoms with Gasteiger partial charge in [-0.2, -0.15) is 4.31 Å². The van der Waals surface area contributed by atoms with Gasteiger partial charge in [0.15, 0.2) is 0 Å². The first-order valence-corrected chi connectivity index (χ1v) is 14.8. The molecule has 3 rings (SSSR count). The van der Waals surface area contributed by atoms with Crippen molar-refractivity contribution in [2.75, 3.05) is 43.4 Å². The molecular formula is C24H33N3O6S2. The largest absolute Gasteiger partial charge is 0.379 e. The van der Waals surface area contributed by atoms with Crippen molar-refractivity contribution < 1.29 is 26.4 Å². The number of hydrogen-bond donors (Lipinski definition) is 1. The van der Waals surface area contributed by atoms with E-state index >= 15 is 0 Å². The molecule has 1 amide bonds. The van der Waals surface area contributed by atoms with Crippen LogP contribution < -0.4 is 9.62 Å². The number of benzene rings is 2. The molecule has 1 fully saturated rings. The van der Waals surface area contributed by atoms with Crippen LogP contribution in [0, 0.1) is 5.92 Å². The molecule has 0 aromatic heterocycles. The standard InChI is InChI=1S/C24H33N3O6S2/c1-19(2)17-23(20-7-5-4-6-8-20)25-24(28)18-27(34(3,29)30)21-9-11-22(12-10-21)35(31,32)26-13-15-33-16-14-26/h4-12,19,23H,13-18H2,1-3H3,(H,25,28). The van der Waals surface area contributed by atoms with Crippen molar-refractivity contribution in [1.29, 1.82) is 0 Å². The highest BCUT2D eigenvalue weighted by Crippen LogP contribution is 2.24. The van der Waals surface area contributed by atoms with Crippen LogP contribution in [0.15, 0.2) is 59.5 Å². The van der Waals surface area contributed by atoms with E-state index in [0.29, 0.717) is 25.6 Å². The minimum absolute atomic E-state index is 0.0575. The zero-order valence-electron chi connectivity index (χ0n) is 20.3. The molecule has 11 heteroatoms. The van der Waals surface area contributed by atoms with Crippen LogP contribution >= 0.6 is 0 Å². The highest BCUT2D eigenvalue weighted by Gasteiger charge is 2.28. The van der Waals surface area contributed by atoms with Crippen molar-refractivity contribution in [3.8, 4) is 0 Å².